The zero-order valence-electron chi connectivity index (χ0n) is 18.2. The highest BCUT2D eigenvalue weighted by Gasteiger charge is 2.58. The van der Waals surface area contributed by atoms with Gasteiger partial charge in [-0.25, -0.2) is 4.79 Å². The van der Waals surface area contributed by atoms with Crippen LogP contribution in [0.2, 0.25) is 6.55 Å². The molecule has 0 heterocycles. The van der Waals surface area contributed by atoms with Crippen LogP contribution in [0.3, 0.4) is 0 Å². The van der Waals surface area contributed by atoms with Gasteiger partial charge in [-0.15, -0.1) is 11.8 Å². The second kappa shape index (κ2) is 9.81. The average Bonchev–Trinajstić information content (AvgIpc) is 2.72. The van der Waals surface area contributed by atoms with Gasteiger partial charge in [-0.05, 0) is 31.1 Å². The minimum Gasteiger partial charge on any atom is -0.469 e. The first kappa shape index (κ1) is 24.2. The number of carbonyl (C=O) groups excluding carboxylic acids is 2. The summed E-state index contributed by atoms with van der Waals surface area (Å²) in [6, 6.07) is 19.2. The topological polar surface area (TPSA) is 72.8 Å². The van der Waals surface area contributed by atoms with Gasteiger partial charge in [0.15, 0.2) is 8.07 Å². The molecule has 162 valence electrons. The lowest BCUT2D eigenvalue weighted by molar-refractivity contribution is -0.163. The Morgan fingerprint density at radius 3 is 1.83 bits per heavy atom. The molecule has 2 aromatic rings. The van der Waals surface area contributed by atoms with Crippen molar-refractivity contribution in [1.82, 2.24) is 0 Å². The van der Waals surface area contributed by atoms with E-state index in [9.17, 15) is 14.7 Å². The van der Waals surface area contributed by atoms with Crippen molar-refractivity contribution in [2.24, 2.45) is 0 Å². The number of carbonyl (C=O) groups is 2. The van der Waals surface area contributed by atoms with Gasteiger partial charge in [0.1, 0.15) is 5.60 Å². The van der Waals surface area contributed by atoms with Crippen molar-refractivity contribution in [1.29, 1.82) is 0 Å². The Morgan fingerprint density at radius 1 is 0.967 bits per heavy atom. The standard InChI is InChI=1S/C23H30O5SSi/c1-22(2,3)28-21(25)23(26,29-17-16-20(24)27-4)30(5,18-12-8-6-9-13-18)19-14-10-7-11-15-19/h6-15,26H,16-17H2,1-5H3/t23-/m0/s1. The van der Waals surface area contributed by atoms with Gasteiger partial charge >= 0.3 is 11.9 Å². The van der Waals surface area contributed by atoms with E-state index in [-0.39, 0.29) is 12.2 Å². The van der Waals surface area contributed by atoms with Gasteiger partial charge in [0, 0.05) is 5.75 Å². The molecule has 0 spiro atoms. The van der Waals surface area contributed by atoms with E-state index in [0.29, 0.717) is 0 Å². The third-order valence-corrected chi connectivity index (χ3v) is 12.1. The Morgan fingerprint density at radius 2 is 1.43 bits per heavy atom. The van der Waals surface area contributed by atoms with E-state index in [1.807, 2.05) is 67.2 Å². The molecular formula is C23H30O5SSi. The van der Waals surface area contributed by atoms with Crippen LogP contribution < -0.4 is 10.4 Å². The molecule has 0 aliphatic carbocycles. The highest BCUT2D eigenvalue weighted by Crippen LogP contribution is 2.36. The molecule has 0 fully saturated rings. The van der Waals surface area contributed by atoms with Crippen LogP contribution in [-0.2, 0) is 19.1 Å². The van der Waals surface area contributed by atoms with Crippen molar-refractivity contribution >= 4 is 42.1 Å². The van der Waals surface area contributed by atoms with Crippen molar-refractivity contribution < 1.29 is 24.2 Å². The minimum atomic E-state index is -3.11. The highest BCUT2D eigenvalue weighted by atomic mass is 32.2. The van der Waals surface area contributed by atoms with Crippen LogP contribution >= 0.6 is 11.8 Å². The minimum absolute atomic E-state index is 0.0837. The summed E-state index contributed by atoms with van der Waals surface area (Å²) in [7, 11) is -1.79. The van der Waals surface area contributed by atoms with E-state index in [1.54, 1.807) is 20.8 Å². The summed E-state index contributed by atoms with van der Waals surface area (Å²) < 4.78 is 8.56. The molecule has 0 aromatic heterocycles. The van der Waals surface area contributed by atoms with Crippen molar-refractivity contribution in [3.8, 4) is 0 Å². The number of methoxy groups -OCH3 is 1. The van der Waals surface area contributed by atoms with Crippen molar-refractivity contribution in [2.45, 2.75) is 43.9 Å². The fourth-order valence-electron chi connectivity index (χ4n) is 3.24. The number of thioether (sulfide) groups is 1. The number of hydrogen-bond donors (Lipinski definition) is 1. The van der Waals surface area contributed by atoms with Crippen molar-refractivity contribution in [2.75, 3.05) is 12.9 Å². The first-order chi connectivity index (χ1) is 14.0. The molecule has 30 heavy (non-hydrogen) atoms. The van der Waals surface area contributed by atoms with Crippen LogP contribution in [0.15, 0.2) is 60.7 Å². The molecule has 2 aromatic carbocycles. The van der Waals surface area contributed by atoms with E-state index in [1.165, 1.54) is 7.11 Å². The normalized spacial score (nSPS) is 13.9. The molecule has 0 saturated heterocycles. The summed E-state index contributed by atoms with van der Waals surface area (Å²) in [5.74, 6) is -0.853. The predicted octanol–water partition coefficient (Wildman–Crippen LogP) is 2.75. The molecule has 1 atom stereocenters. The van der Waals surface area contributed by atoms with E-state index in [4.69, 9.17) is 9.47 Å². The number of esters is 2. The number of hydrogen-bond acceptors (Lipinski definition) is 6. The Kier molecular flexibility index (Phi) is 7.91. The summed E-state index contributed by atoms with van der Waals surface area (Å²) in [6.07, 6.45) is 0.0837. The van der Waals surface area contributed by atoms with Gasteiger partial charge in [-0.3, -0.25) is 4.79 Å². The van der Waals surface area contributed by atoms with Crippen molar-refractivity contribution in [3.63, 3.8) is 0 Å². The first-order valence-corrected chi connectivity index (χ1v) is 13.3. The van der Waals surface area contributed by atoms with Crippen LogP contribution in [0, 0.1) is 0 Å². The van der Waals surface area contributed by atoms with E-state index in [2.05, 4.69) is 0 Å². The highest BCUT2D eigenvalue weighted by molar-refractivity contribution is 8.03. The zero-order chi connectivity index (χ0) is 22.4. The summed E-state index contributed by atoms with van der Waals surface area (Å²) in [6.45, 7) is 7.28. The SMILES string of the molecule is COC(=O)CCS[C@@](O)(C(=O)OC(C)(C)C)[Si](C)(c1ccccc1)c1ccccc1. The van der Waals surface area contributed by atoms with Gasteiger partial charge in [0.05, 0.1) is 13.5 Å². The molecule has 0 aliphatic heterocycles. The van der Waals surface area contributed by atoms with Crippen LogP contribution in [0.1, 0.15) is 27.2 Å². The molecule has 2 rings (SSSR count). The largest absolute Gasteiger partial charge is 0.469 e. The Labute approximate surface area is 183 Å². The molecule has 7 heteroatoms. The molecule has 0 unspecified atom stereocenters. The van der Waals surface area contributed by atoms with Gasteiger partial charge in [0.2, 0.25) is 4.56 Å². The Bertz CT molecular complexity index is 811. The molecule has 0 bridgehead atoms. The summed E-state index contributed by atoms with van der Waals surface area (Å²) in [5.41, 5.74) is -0.767. The second-order valence-electron chi connectivity index (χ2n) is 8.18. The summed E-state index contributed by atoms with van der Waals surface area (Å²) in [5, 5.41) is 13.8. The second-order valence-corrected chi connectivity index (χ2v) is 14.0. The molecule has 0 radical (unpaired) electrons. The average molecular weight is 447 g/mol. The van der Waals surface area contributed by atoms with E-state index in [0.717, 1.165) is 22.1 Å². The maximum atomic E-state index is 13.4. The lowest BCUT2D eigenvalue weighted by atomic mass is 10.2. The molecule has 0 amide bonds. The van der Waals surface area contributed by atoms with Gasteiger partial charge in [-0.1, -0.05) is 67.2 Å². The number of ether oxygens (including phenoxy) is 2. The Balaban J connectivity index is 2.62. The summed E-state index contributed by atoms with van der Waals surface area (Å²) >= 11 is 1.05. The zero-order valence-corrected chi connectivity index (χ0v) is 20.0. The number of rotatable bonds is 8. The van der Waals surface area contributed by atoms with Crippen LogP contribution in [0.25, 0.3) is 0 Å². The predicted molar refractivity (Wildman–Crippen MR) is 124 cm³/mol. The van der Waals surface area contributed by atoms with Gasteiger partial charge in [0.25, 0.3) is 0 Å². The lowest BCUT2D eigenvalue weighted by Gasteiger charge is -2.42. The van der Waals surface area contributed by atoms with Gasteiger partial charge in [-0.2, -0.15) is 0 Å². The smallest absolute Gasteiger partial charge is 0.346 e. The maximum Gasteiger partial charge on any atom is 0.346 e. The molecule has 5 nitrogen and oxygen atoms in total. The molecule has 0 aliphatic rings. The van der Waals surface area contributed by atoms with Crippen LogP contribution in [-0.4, -0.2) is 48.1 Å². The van der Waals surface area contributed by atoms with E-state index >= 15 is 0 Å². The molecule has 0 saturated carbocycles. The fraction of sp³-hybridized carbons (Fsp3) is 0.391. The molecular weight excluding hydrogens is 416 g/mol. The van der Waals surface area contributed by atoms with Crippen LogP contribution in [0.5, 0.6) is 0 Å². The van der Waals surface area contributed by atoms with Crippen LogP contribution in [0.4, 0.5) is 0 Å². The number of benzene rings is 2. The molecule has 1 N–H and O–H groups in total. The first-order valence-electron chi connectivity index (χ1n) is 9.82. The number of aliphatic hydroxyl groups is 1. The third kappa shape index (κ3) is 5.33. The lowest BCUT2D eigenvalue weighted by Crippen LogP contribution is -2.73. The maximum absolute atomic E-state index is 13.4. The third-order valence-electron chi connectivity index (χ3n) is 4.90. The quantitative estimate of drug-likeness (QED) is 0.382. The van der Waals surface area contributed by atoms with Gasteiger partial charge < -0.3 is 14.6 Å². The van der Waals surface area contributed by atoms with Crippen molar-refractivity contribution in [3.05, 3.63) is 60.7 Å². The van der Waals surface area contributed by atoms with E-state index < -0.39 is 30.2 Å². The fourth-order valence-corrected chi connectivity index (χ4v) is 9.42. The summed E-state index contributed by atoms with van der Waals surface area (Å²) in [4.78, 5) is 25.1. The monoisotopic (exact) mass is 446 g/mol. The Hall–Kier alpha value is -2.09.